The van der Waals surface area contributed by atoms with E-state index in [1.165, 1.54) is 6.20 Å². The van der Waals surface area contributed by atoms with Crippen LogP contribution in [0.4, 0.5) is 8.78 Å². The molecule has 1 aromatic rings. The normalized spacial score (nSPS) is 14.2. The highest BCUT2D eigenvalue weighted by Gasteiger charge is 2.40. The Balaban J connectivity index is 2.96. The van der Waals surface area contributed by atoms with Crippen molar-refractivity contribution in [2.45, 2.75) is 31.3 Å². The van der Waals surface area contributed by atoms with Gasteiger partial charge in [0.2, 0.25) is 0 Å². The summed E-state index contributed by atoms with van der Waals surface area (Å²) in [4.78, 5) is 3.83. The van der Waals surface area contributed by atoms with E-state index in [9.17, 15) is 8.78 Å². The summed E-state index contributed by atoms with van der Waals surface area (Å²) in [7, 11) is 0. The molecule has 1 unspecified atom stereocenters. The number of imidazole rings is 1. The third kappa shape index (κ3) is 2.87. The van der Waals surface area contributed by atoms with Gasteiger partial charge in [-0.2, -0.15) is 8.78 Å². The molecule has 86 valence electrons. The molecule has 0 amide bonds. The highest BCUT2D eigenvalue weighted by molar-refractivity contribution is 6.22. The lowest BCUT2D eigenvalue weighted by Crippen LogP contribution is -2.39. The average molecular weight is 239 g/mol. The quantitative estimate of drug-likeness (QED) is 0.466. The van der Waals surface area contributed by atoms with Gasteiger partial charge in [-0.25, -0.2) is 10.4 Å². The molecule has 1 atom stereocenters. The molecule has 0 bridgehead atoms. The summed E-state index contributed by atoms with van der Waals surface area (Å²) < 4.78 is 27.5. The highest BCUT2D eigenvalue weighted by atomic mass is 35.5. The molecule has 0 fully saturated rings. The number of nitrogens with two attached hydrogens (primary N) is 1. The maximum Gasteiger partial charge on any atom is 0.345 e. The molecule has 0 spiro atoms. The van der Waals surface area contributed by atoms with E-state index in [2.05, 4.69) is 4.98 Å². The molecular formula is C8H13ClF2N4. The summed E-state index contributed by atoms with van der Waals surface area (Å²) in [5, 5.41) is -3.47. The fraction of sp³-hybridized carbons (Fsp3) is 0.625. The first-order valence-corrected chi connectivity index (χ1v) is 4.92. The number of aryl methyl sites for hydroxylation is 1. The van der Waals surface area contributed by atoms with Crippen LogP contribution in [-0.4, -0.2) is 14.9 Å². The molecule has 0 aliphatic rings. The van der Waals surface area contributed by atoms with Crippen LogP contribution >= 0.6 is 11.6 Å². The highest BCUT2D eigenvalue weighted by Crippen LogP contribution is 2.33. The molecule has 0 saturated carbocycles. The van der Waals surface area contributed by atoms with Gasteiger partial charge in [0.15, 0.2) is 6.04 Å². The molecular weight excluding hydrogens is 226 g/mol. The summed E-state index contributed by atoms with van der Waals surface area (Å²) in [5.41, 5.74) is 1.98. The predicted octanol–water partition coefficient (Wildman–Crippen LogP) is 1.63. The molecule has 1 rings (SSSR count). The predicted molar refractivity (Wildman–Crippen MR) is 53.4 cm³/mol. The third-order valence-electron chi connectivity index (χ3n) is 1.96. The van der Waals surface area contributed by atoms with E-state index in [1.54, 1.807) is 10.8 Å². The lowest BCUT2D eigenvalue weighted by molar-refractivity contribution is 0.0448. The molecule has 0 radical (unpaired) electrons. The van der Waals surface area contributed by atoms with E-state index in [0.29, 0.717) is 6.54 Å². The summed E-state index contributed by atoms with van der Waals surface area (Å²) in [6.07, 6.45) is 3.87. The van der Waals surface area contributed by atoms with Crippen LogP contribution in [0.3, 0.4) is 0 Å². The number of nitrogens with zero attached hydrogens (tertiary/aromatic N) is 2. The van der Waals surface area contributed by atoms with Gasteiger partial charge in [-0.05, 0) is 18.0 Å². The lowest BCUT2D eigenvalue weighted by atomic mass is 10.3. The van der Waals surface area contributed by atoms with Gasteiger partial charge >= 0.3 is 5.38 Å². The van der Waals surface area contributed by atoms with Crippen LogP contribution in [0, 0.1) is 0 Å². The van der Waals surface area contributed by atoms with Crippen molar-refractivity contribution >= 4 is 11.6 Å². The number of aromatic nitrogens is 2. The van der Waals surface area contributed by atoms with E-state index in [-0.39, 0.29) is 5.82 Å². The molecule has 0 aliphatic carbocycles. The number of hydrogen-bond acceptors (Lipinski definition) is 3. The van der Waals surface area contributed by atoms with Crippen LogP contribution in [0.15, 0.2) is 12.4 Å². The Labute approximate surface area is 91.4 Å². The Kier molecular flexibility index (Phi) is 4.01. The van der Waals surface area contributed by atoms with Gasteiger partial charge in [0, 0.05) is 18.9 Å². The number of alkyl halides is 3. The first kappa shape index (κ1) is 12.4. The topological polar surface area (TPSA) is 55.9 Å². The number of rotatable bonds is 5. The Bertz CT molecular complexity index is 310. The van der Waals surface area contributed by atoms with Gasteiger partial charge in [-0.15, -0.1) is 0 Å². The second kappa shape index (κ2) is 4.87. The van der Waals surface area contributed by atoms with E-state index < -0.39 is 11.4 Å². The molecule has 0 aliphatic heterocycles. The minimum atomic E-state index is -3.47. The van der Waals surface area contributed by atoms with Gasteiger partial charge in [-0.1, -0.05) is 6.92 Å². The van der Waals surface area contributed by atoms with Crippen molar-refractivity contribution in [2.24, 2.45) is 5.84 Å². The minimum absolute atomic E-state index is 0.138. The van der Waals surface area contributed by atoms with Gasteiger partial charge < -0.3 is 4.57 Å². The van der Waals surface area contributed by atoms with E-state index in [1.807, 2.05) is 12.3 Å². The Morgan fingerprint density at radius 2 is 2.40 bits per heavy atom. The smallest absolute Gasteiger partial charge is 0.333 e. The van der Waals surface area contributed by atoms with E-state index >= 15 is 0 Å². The summed E-state index contributed by atoms with van der Waals surface area (Å²) in [6.45, 7) is 2.54. The SMILES string of the molecule is CCCn1ccnc1C(NN)C(F)(F)Cl. The average Bonchev–Trinajstić information content (AvgIpc) is 2.53. The second-order valence-electron chi connectivity index (χ2n) is 3.12. The minimum Gasteiger partial charge on any atom is -0.333 e. The molecule has 0 aromatic carbocycles. The van der Waals surface area contributed by atoms with Crippen LogP contribution in [0.1, 0.15) is 25.2 Å². The fourth-order valence-corrected chi connectivity index (χ4v) is 1.49. The molecule has 15 heavy (non-hydrogen) atoms. The summed E-state index contributed by atoms with van der Waals surface area (Å²) >= 11 is 4.93. The van der Waals surface area contributed by atoms with Gasteiger partial charge in [0.1, 0.15) is 5.82 Å². The maximum atomic E-state index is 12.9. The number of nitrogens with one attached hydrogen (secondary N) is 1. The van der Waals surface area contributed by atoms with Crippen molar-refractivity contribution in [3.8, 4) is 0 Å². The van der Waals surface area contributed by atoms with Gasteiger partial charge in [0.05, 0.1) is 0 Å². The Morgan fingerprint density at radius 1 is 1.73 bits per heavy atom. The number of hydrazine groups is 1. The zero-order chi connectivity index (χ0) is 11.5. The van der Waals surface area contributed by atoms with Crippen LogP contribution in [0.2, 0.25) is 0 Å². The molecule has 1 heterocycles. The molecule has 3 N–H and O–H groups in total. The molecule has 0 saturated heterocycles. The van der Waals surface area contributed by atoms with Gasteiger partial charge in [0.25, 0.3) is 0 Å². The van der Waals surface area contributed by atoms with E-state index in [0.717, 1.165) is 6.42 Å². The van der Waals surface area contributed by atoms with Crippen LogP contribution in [-0.2, 0) is 6.54 Å². The van der Waals surface area contributed by atoms with Gasteiger partial charge in [-0.3, -0.25) is 5.84 Å². The lowest BCUT2D eigenvalue weighted by Gasteiger charge is -2.21. The molecule has 4 nitrogen and oxygen atoms in total. The Hall–Kier alpha value is -0.720. The zero-order valence-electron chi connectivity index (χ0n) is 8.25. The number of halogens is 3. The maximum absolute atomic E-state index is 12.9. The zero-order valence-corrected chi connectivity index (χ0v) is 9.01. The van der Waals surface area contributed by atoms with E-state index in [4.69, 9.17) is 17.4 Å². The first-order valence-electron chi connectivity index (χ1n) is 4.54. The van der Waals surface area contributed by atoms with Crippen molar-refractivity contribution in [2.75, 3.05) is 0 Å². The van der Waals surface area contributed by atoms with Crippen LogP contribution in [0.5, 0.6) is 0 Å². The second-order valence-corrected chi connectivity index (χ2v) is 3.62. The standard InChI is InChI=1S/C8H13ClF2N4/c1-2-4-15-5-3-13-7(15)6(14-12)8(9,10)11/h3,5-6,14H,2,4,12H2,1H3. The van der Waals surface area contributed by atoms with Crippen molar-refractivity contribution in [3.63, 3.8) is 0 Å². The van der Waals surface area contributed by atoms with Crippen molar-refractivity contribution in [1.29, 1.82) is 0 Å². The fourth-order valence-electron chi connectivity index (χ4n) is 1.33. The molecule has 7 heteroatoms. The first-order chi connectivity index (χ1) is 7.00. The van der Waals surface area contributed by atoms with Crippen LogP contribution in [0.25, 0.3) is 0 Å². The van der Waals surface area contributed by atoms with Crippen molar-refractivity contribution in [1.82, 2.24) is 15.0 Å². The molecule has 1 aromatic heterocycles. The van der Waals surface area contributed by atoms with Crippen LogP contribution < -0.4 is 11.3 Å². The van der Waals surface area contributed by atoms with Crippen molar-refractivity contribution in [3.05, 3.63) is 18.2 Å². The summed E-state index contributed by atoms with van der Waals surface area (Å²) in [6, 6.07) is -1.49. The monoisotopic (exact) mass is 238 g/mol. The Morgan fingerprint density at radius 3 is 2.87 bits per heavy atom. The van der Waals surface area contributed by atoms with Crippen molar-refractivity contribution < 1.29 is 8.78 Å². The summed E-state index contributed by atoms with van der Waals surface area (Å²) in [5.74, 6) is 5.19. The largest absolute Gasteiger partial charge is 0.345 e. The number of hydrogen-bond donors (Lipinski definition) is 2. The third-order valence-corrected chi connectivity index (χ3v) is 2.18.